The molecule has 0 aliphatic rings. The van der Waals surface area contributed by atoms with Crippen molar-refractivity contribution in [2.45, 2.75) is 71.8 Å². The van der Waals surface area contributed by atoms with Crippen LogP contribution in [0.4, 0.5) is 0 Å². The molecule has 1 atom stereocenters. The average molecular weight is 393 g/mol. The average Bonchev–Trinajstić information content (AvgIpc) is 3.03. The summed E-state index contributed by atoms with van der Waals surface area (Å²) in [6, 6.07) is 10.4. The topological polar surface area (TPSA) is 66.0 Å². The predicted molar refractivity (Wildman–Crippen MR) is 119 cm³/mol. The SMILES string of the molecule is Cc1cc(-c2[nH]c3ccc(C(C)C(=O)CCC(C)(C)O)cc3c2C(C)C)ccn1. The van der Waals surface area contributed by atoms with Crippen LogP contribution < -0.4 is 0 Å². The molecule has 4 nitrogen and oxygen atoms in total. The number of benzene rings is 1. The molecular formula is C25H32N2O2. The highest BCUT2D eigenvalue weighted by atomic mass is 16.3. The van der Waals surface area contributed by atoms with Gasteiger partial charge in [0.1, 0.15) is 5.78 Å². The molecule has 0 amide bonds. The zero-order valence-electron chi connectivity index (χ0n) is 18.3. The van der Waals surface area contributed by atoms with E-state index < -0.39 is 5.60 Å². The van der Waals surface area contributed by atoms with Gasteiger partial charge in [-0.2, -0.15) is 0 Å². The van der Waals surface area contributed by atoms with E-state index in [1.807, 2.05) is 32.2 Å². The summed E-state index contributed by atoms with van der Waals surface area (Å²) in [5.41, 5.74) is 5.80. The molecule has 0 spiro atoms. The number of fused-ring (bicyclic) bond motifs is 1. The highest BCUT2D eigenvalue weighted by molar-refractivity contribution is 5.93. The maximum absolute atomic E-state index is 12.7. The predicted octanol–water partition coefficient (Wildman–Crippen LogP) is 5.89. The Labute approximate surface area is 173 Å². The lowest BCUT2D eigenvalue weighted by molar-refractivity contribution is -0.121. The number of aryl methyl sites for hydroxylation is 1. The van der Waals surface area contributed by atoms with Gasteiger partial charge in [-0.1, -0.05) is 26.8 Å². The molecule has 29 heavy (non-hydrogen) atoms. The fraction of sp³-hybridized carbons (Fsp3) is 0.440. The number of aromatic nitrogens is 2. The van der Waals surface area contributed by atoms with Gasteiger partial charge >= 0.3 is 0 Å². The fourth-order valence-corrected chi connectivity index (χ4v) is 3.86. The van der Waals surface area contributed by atoms with Crippen LogP contribution in [0.25, 0.3) is 22.2 Å². The first-order chi connectivity index (χ1) is 13.6. The van der Waals surface area contributed by atoms with Gasteiger partial charge < -0.3 is 10.1 Å². The molecule has 3 rings (SSSR count). The lowest BCUT2D eigenvalue weighted by Crippen LogP contribution is -2.21. The molecule has 2 N–H and O–H groups in total. The van der Waals surface area contributed by atoms with Gasteiger partial charge in [0, 0.05) is 40.7 Å². The molecule has 4 heteroatoms. The van der Waals surface area contributed by atoms with Crippen molar-refractivity contribution in [3.8, 4) is 11.3 Å². The number of aliphatic hydroxyl groups is 1. The van der Waals surface area contributed by atoms with Crippen molar-refractivity contribution in [2.24, 2.45) is 0 Å². The van der Waals surface area contributed by atoms with Gasteiger partial charge in [-0.3, -0.25) is 9.78 Å². The molecule has 0 saturated heterocycles. The molecule has 1 aromatic carbocycles. The van der Waals surface area contributed by atoms with E-state index in [0.29, 0.717) is 18.8 Å². The lowest BCUT2D eigenvalue weighted by atomic mass is 9.89. The van der Waals surface area contributed by atoms with Crippen molar-refractivity contribution in [3.05, 3.63) is 53.3 Å². The van der Waals surface area contributed by atoms with E-state index in [0.717, 1.165) is 28.0 Å². The number of ketones is 1. The zero-order chi connectivity index (χ0) is 21.3. The molecule has 1 unspecified atom stereocenters. The van der Waals surface area contributed by atoms with Gasteiger partial charge in [0.05, 0.1) is 11.3 Å². The van der Waals surface area contributed by atoms with Crippen LogP contribution in [0.1, 0.15) is 76.1 Å². The Kier molecular flexibility index (Phi) is 5.95. The van der Waals surface area contributed by atoms with Crippen LogP contribution in [0.3, 0.4) is 0 Å². The van der Waals surface area contributed by atoms with Crippen molar-refractivity contribution in [1.29, 1.82) is 0 Å². The summed E-state index contributed by atoms with van der Waals surface area (Å²) in [5.74, 6) is 0.310. The molecule has 3 aromatic rings. The van der Waals surface area contributed by atoms with Gasteiger partial charge in [-0.25, -0.2) is 0 Å². The van der Waals surface area contributed by atoms with E-state index in [9.17, 15) is 9.90 Å². The molecular weight excluding hydrogens is 360 g/mol. The minimum Gasteiger partial charge on any atom is -0.390 e. The van der Waals surface area contributed by atoms with Crippen molar-refractivity contribution < 1.29 is 9.90 Å². The minimum absolute atomic E-state index is 0.165. The molecule has 0 fully saturated rings. The summed E-state index contributed by atoms with van der Waals surface area (Å²) >= 11 is 0. The number of nitrogens with zero attached hydrogens (tertiary/aromatic N) is 1. The Balaban J connectivity index is 2.01. The lowest BCUT2D eigenvalue weighted by Gasteiger charge is -2.18. The summed E-state index contributed by atoms with van der Waals surface area (Å²) in [6.07, 6.45) is 2.70. The first kappa shape index (κ1) is 21.3. The zero-order valence-corrected chi connectivity index (χ0v) is 18.3. The molecule has 0 radical (unpaired) electrons. The van der Waals surface area contributed by atoms with Gasteiger partial charge in [0.15, 0.2) is 0 Å². The Bertz CT molecular complexity index is 1020. The van der Waals surface area contributed by atoms with Crippen molar-refractivity contribution >= 4 is 16.7 Å². The minimum atomic E-state index is -0.817. The van der Waals surface area contributed by atoms with Crippen molar-refractivity contribution in [3.63, 3.8) is 0 Å². The summed E-state index contributed by atoms with van der Waals surface area (Å²) in [5, 5.41) is 11.1. The van der Waals surface area contributed by atoms with Gasteiger partial charge in [0.25, 0.3) is 0 Å². The first-order valence-electron chi connectivity index (χ1n) is 10.4. The van der Waals surface area contributed by atoms with Crippen LogP contribution in [-0.2, 0) is 4.79 Å². The number of Topliss-reactive ketones (excluding diaryl/α,β-unsaturated/α-hetero) is 1. The number of carbonyl (C=O) groups is 1. The molecule has 154 valence electrons. The second-order valence-corrected chi connectivity index (χ2v) is 9.06. The summed E-state index contributed by atoms with van der Waals surface area (Å²) in [7, 11) is 0. The fourth-order valence-electron chi connectivity index (χ4n) is 3.86. The van der Waals surface area contributed by atoms with Gasteiger partial charge in [-0.05, 0) is 68.5 Å². The van der Waals surface area contributed by atoms with Crippen LogP contribution in [0.15, 0.2) is 36.5 Å². The molecule has 0 saturated carbocycles. The second-order valence-electron chi connectivity index (χ2n) is 9.06. The number of H-pyrrole nitrogens is 1. The number of pyridine rings is 1. The summed E-state index contributed by atoms with van der Waals surface area (Å²) in [6.45, 7) is 11.8. The Hall–Kier alpha value is -2.46. The van der Waals surface area contributed by atoms with E-state index in [1.165, 1.54) is 10.9 Å². The summed E-state index contributed by atoms with van der Waals surface area (Å²) in [4.78, 5) is 20.6. The number of aromatic amines is 1. The van der Waals surface area contributed by atoms with Crippen molar-refractivity contribution in [1.82, 2.24) is 9.97 Å². The normalized spacial score (nSPS) is 13.2. The van der Waals surface area contributed by atoms with Crippen LogP contribution >= 0.6 is 0 Å². The summed E-state index contributed by atoms with van der Waals surface area (Å²) < 4.78 is 0. The maximum Gasteiger partial charge on any atom is 0.140 e. The first-order valence-corrected chi connectivity index (χ1v) is 10.4. The van der Waals surface area contributed by atoms with Gasteiger partial charge in [0.2, 0.25) is 0 Å². The molecule has 0 bridgehead atoms. The third kappa shape index (κ3) is 4.76. The second kappa shape index (κ2) is 8.11. The molecule has 0 aliphatic heterocycles. The highest BCUT2D eigenvalue weighted by Crippen LogP contribution is 2.37. The maximum atomic E-state index is 12.7. The number of nitrogens with one attached hydrogen (secondary N) is 1. The van der Waals surface area contributed by atoms with E-state index in [2.05, 4.69) is 42.0 Å². The number of rotatable bonds is 7. The van der Waals surface area contributed by atoms with Crippen molar-refractivity contribution in [2.75, 3.05) is 0 Å². The standard InChI is InChI=1S/C25H32N2O2/c1-15(2)23-20-14-18(17(4)22(28)9-11-25(5,6)29)7-8-21(20)27-24(23)19-10-12-26-16(3)13-19/h7-8,10,12-15,17,27,29H,9,11H2,1-6H3. The largest absolute Gasteiger partial charge is 0.390 e. The Morgan fingerprint density at radius 1 is 1.17 bits per heavy atom. The highest BCUT2D eigenvalue weighted by Gasteiger charge is 2.22. The smallest absolute Gasteiger partial charge is 0.140 e. The monoisotopic (exact) mass is 392 g/mol. The number of hydrogen-bond acceptors (Lipinski definition) is 3. The molecule has 2 heterocycles. The van der Waals surface area contributed by atoms with E-state index in [-0.39, 0.29) is 11.7 Å². The van der Waals surface area contributed by atoms with Gasteiger partial charge in [-0.15, -0.1) is 0 Å². The Morgan fingerprint density at radius 2 is 1.90 bits per heavy atom. The number of carbonyl (C=O) groups excluding carboxylic acids is 1. The Morgan fingerprint density at radius 3 is 2.52 bits per heavy atom. The quantitative estimate of drug-likeness (QED) is 0.527. The molecule has 2 aromatic heterocycles. The van der Waals surface area contributed by atoms with E-state index >= 15 is 0 Å². The van der Waals surface area contributed by atoms with Crippen LogP contribution in [0, 0.1) is 6.92 Å². The number of hydrogen-bond donors (Lipinski definition) is 2. The van der Waals surface area contributed by atoms with Crippen LogP contribution in [-0.4, -0.2) is 26.5 Å². The van der Waals surface area contributed by atoms with Crippen LogP contribution in [0.2, 0.25) is 0 Å². The van der Waals surface area contributed by atoms with E-state index in [1.54, 1.807) is 13.8 Å². The van der Waals surface area contributed by atoms with E-state index in [4.69, 9.17) is 0 Å². The molecule has 0 aliphatic carbocycles. The third-order valence-corrected chi connectivity index (χ3v) is 5.59. The third-order valence-electron chi connectivity index (χ3n) is 5.59. The van der Waals surface area contributed by atoms with Crippen LogP contribution in [0.5, 0.6) is 0 Å².